The monoisotopic (exact) mass is 175 g/mol. The Morgan fingerprint density at radius 2 is 2.23 bits per heavy atom. The van der Waals surface area contributed by atoms with Crippen LogP contribution in [0.15, 0.2) is 29.3 Å². The van der Waals surface area contributed by atoms with E-state index in [0.717, 1.165) is 5.56 Å². The normalized spacial score (nSPS) is 9.77. The first-order chi connectivity index (χ1) is 6.24. The fourth-order valence-corrected chi connectivity index (χ4v) is 1.17. The van der Waals surface area contributed by atoms with E-state index >= 15 is 0 Å². The van der Waals surface area contributed by atoms with Crippen LogP contribution in [-0.4, -0.2) is 6.08 Å². The molecule has 0 bridgehead atoms. The van der Waals surface area contributed by atoms with E-state index in [9.17, 15) is 4.79 Å². The van der Waals surface area contributed by atoms with Gasteiger partial charge in [0, 0.05) is 0 Å². The Morgan fingerprint density at radius 1 is 1.46 bits per heavy atom. The average molecular weight is 175 g/mol. The number of hydrogen-bond donors (Lipinski definition) is 0. The molecule has 0 aliphatic carbocycles. The summed E-state index contributed by atoms with van der Waals surface area (Å²) in [5.74, 6) is 0.514. The molecule has 68 valence electrons. The van der Waals surface area contributed by atoms with E-state index < -0.39 is 0 Å². The molecule has 0 N–H and O–H groups in total. The van der Waals surface area contributed by atoms with Crippen molar-refractivity contribution in [1.82, 2.24) is 0 Å². The van der Waals surface area contributed by atoms with Crippen molar-refractivity contribution in [3.05, 3.63) is 35.4 Å². The maximum Gasteiger partial charge on any atom is 0.235 e. The number of nitrogens with zero attached hydrogens (tertiary/aromatic N) is 1. The van der Waals surface area contributed by atoms with Crippen molar-refractivity contribution in [3.63, 3.8) is 0 Å². The van der Waals surface area contributed by atoms with Gasteiger partial charge in [0.1, 0.15) is 0 Å². The minimum Gasteiger partial charge on any atom is -0.211 e. The third kappa shape index (κ3) is 2.85. The van der Waals surface area contributed by atoms with E-state index in [0.29, 0.717) is 12.5 Å². The van der Waals surface area contributed by atoms with E-state index in [4.69, 9.17) is 0 Å². The fraction of sp³-hybridized carbons (Fsp3) is 0.364. The van der Waals surface area contributed by atoms with Gasteiger partial charge in [-0.15, -0.1) is 0 Å². The smallest absolute Gasteiger partial charge is 0.211 e. The highest BCUT2D eigenvalue weighted by molar-refractivity contribution is 5.34. The fourth-order valence-electron chi connectivity index (χ4n) is 1.17. The lowest BCUT2D eigenvalue weighted by Gasteiger charge is -2.05. The molecule has 2 heteroatoms. The van der Waals surface area contributed by atoms with Crippen LogP contribution in [-0.2, 0) is 11.3 Å². The first-order valence-corrected chi connectivity index (χ1v) is 4.36. The maximum atomic E-state index is 9.91. The van der Waals surface area contributed by atoms with Gasteiger partial charge >= 0.3 is 0 Å². The van der Waals surface area contributed by atoms with E-state index in [-0.39, 0.29) is 0 Å². The Balaban J connectivity index is 2.85. The second-order valence-corrected chi connectivity index (χ2v) is 3.31. The molecule has 0 amide bonds. The summed E-state index contributed by atoms with van der Waals surface area (Å²) in [7, 11) is 0. The number of isocyanates is 1. The molecule has 0 saturated heterocycles. The topological polar surface area (TPSA) is 29.4 Å². The molecule has 13 heavy (non-hydrogen) atoms. The van der Waals surface area contributed by atoms with Crippen molar-refractivity contribution in [2.75, 3.05) is 0 Å². The first kappa shape index (κ1) is 9.69. The lowest BCUT2D eigenvalue weighted by Crippen LogP contribution is -1.89. The van der Waals surface area contributed by atoms with Crippen LogP contribution in [0.4, 0.5) is 0 Å². The zero-order valence-electron chi connectivity index (χ0n) is 7.95. The van der Waals surface area contributed by atoms with Crippen LogP contribution in [0.5, 0.6) is 0 Å². The predicted octanol–water partition coefficient (Wildman–Crippen LogP) is 2.65. The molecular weight excluding hydrogens is 162 g/mol. The number of hydrogen-bond acceptors (Lipinski definition) is 2. The van der Waals surface area contributed by atoms with Crippen LogP contribution in [0, 0.1) is 0 Å². The van der Waals surface area contributed by atoms with Crippen LogP contribution in [0.2, 0.25) is 0 Å². The van der Waals surface area contributed by atoms with E-state index in [2.05, 4.69) is 31.0 Å². The van der Waals surface area contributed by atoms with Crippen LogP contribution in [0.3, 0.4) is 0 Å². The number of carbonyl (C=O) groups excluding carboxylic acids is 1. The predicted molar refractivity (Wildman–Crippen MR) is 52.4 cm³/mol. The van der Waals surface area contributed by atoms with Gasteiger partial charge < -0.3 is 0 Å². The lowest BCUT2D eigenvalue weighted by molar-refractivity contribution is 0.563. The molecular formula is C11H13NO. The molecule has 0 unspecified atom stereocenters. The molecule has 0 heterocycles. The molecule has 0 fully saturated rings. The Labute approximate surface area is 78.3 Å². The molecule has 1 aromatic carbocycles. The number of rotatable bonds is 3. The number of benzene rings is 1. The van der Waals surface area contributed by atoms with Crippen LogP contribution in [0.1, 0.15) is 30.9 Å². The first-order valence-electron chi connectivity index (χ1n) is 4.36. The van der Waals surface area contributed by atoms with E-state index in [1.165, 1.54) is 11.6 Å². The second kappa shape index (κ2) is 4.58. The van der Waals surface area contributed by atoms with Gasteiger partial charge in [0.05, 0.1) is 6.54 Å². The molecule has 2 nitrogen and oxygen atoms in total. The van der Waals surface area contributed by atoms with Gasteiger partial charge in [-0.05, 0) is 17.0 Å². The zero-order chi connectivity index (χ0) is 9.68. The van der Waals surface area contributed by atoms with Crippen molar-refractivity contribution in [2.45, 2.75) is 26.3 Å². The van der Waals surface area contributed by atoms with E-state index in [1.54, 1.807) is 0 Å². The SMILES string of the molecule is CC(C)c1cccc(CN=C=O)c1. The molecule has 0 radical (unpaired) electrons. The third-order valence-corrected chi connectivity index (χ3v) is 1.94. The van der Waals surface area contributed by atoms with Crippen molar-refractivity contribution in [1.29, 1.82) is 0 Å². The van der Waals surface area contributed by atoms with Crippen molar-refractivity contribution in [3.8, 4) is 0 Å². The van der Waals surface area contributed by atoms with Gasteiger partial charge in [0.2, 0.25) is 6.08 Å². The molecule has 0 aromatic heterocycles. The summed E-state index contributed by atoms with van der Waals surface area (Å²) in [5, 5.41) is 0. The van der Waals surface area contributed by atoms with Gasteiger partial charge in [0.15, 0.2) is 0 Å². The summed E-state index contributed by atoms with van der Waals surface area (Å²) >= 11 is 0. The zero-order valence-corrected chi connectivity index (χ0v) is 7.95. The Bertz CT molecular complexity index is 325. The summed E-state index contributed by atoms with van der Waals surface area (Å²) in [6.07, 6.45) is 1.54. The van der Waals surface area contributed by atoms with Crippen LogP contribution < -0.4 is 0 Å². The summed E-state index contributed by atoms with van der Waals surface area (Å²) in [6.45, 7) is 4.72. The minimum atomic E-state index is 0.435. The highest BCUT2D eigenvalue weighted by atomic mass is 16.1. The Morgan fingerprint density at radius 3 is 2.85 bits per heavy atom. The van der Waals surface area contributed by atoms with Gasteiger partial charge in [0.25, 0.3) is 0 Å². The molecule has 0 saturated carbocycles. The van der Waals surface area contributed by atoms with E-state index in [1.807, 2.05) is 12.1 Å². The second-order valence-electron chi connectivity index (χ2n) is 3.31. The van der Waals surface area contributed by atoms with Crippen molar-refractivity contribution >= 4 is 6.08 Å². The quantitative estimate of drug-likeness (QED) is 0.513. The standard InChI is InChI=1S/C11H13NO/c1-9(2)11-5-3-4-10(6-11)7-12-8-13/h3-6,9H,7H2,1-2H3. The highest BCUT2D eigenvalue weighted by Gasteiger charge is 1.98. The van der Waals surface area contributed by atoms with Crippen LogP contribution in [0.25, 0.3) is 0 Å². The molecule has 0 aliphatic heterocycles. The molecule has 0 spiro atoms. The van der Waals surface area contributed by atoms with Crippen LogP contribution >= 0.6 is 0 Å². The molecule has 1 aromatic rings. The highest BCUT2D eigenvalue weighted by Crippen LogP contribution is 2.15. The van der Waals surface area contributed by atoms with Crippen molar-refractivity contribution < 1.29 is 4.79 Å². The Kier molecular flexibility index (Phi) is 3.41. The average Bonchev–Trinajstić information content (AvgIpc) is 2.15. The van der Waals surface area contributed by atoms with Gasteiger partial charge in [-0.3, -0.25) is 0 Å². The largest absolute Gasteiger partial charge is 0.235 e. The number of aliphatic imine (C=N–C) groups is 1. The summed E-state index contributed by atoms with van der Waals surface area (Å²) < 4.78 is 0. The molecule has 0 aliphatic rings. The van der Waals surface area contributed by atoms with Gasteiger partial charge in [-0.2, -0.15) is 0 Å². The third-order valence-electron chi connectivity index (χ3n) is 1.94. The summed E-state index contributed by atoms with van der Waals surface area (Å²) in [5.41, 5.74) is 2.34. The lowest BCUT2D eigenvalue weighted by atomic mass is 10.0. The minimum absolute atomic E-state index is 0.435. The summed E-state index contributed by atoms with van der Waals surface area (Å²) in [4.78, 5) is 13.4. The van der Waals surface area contributed by atoms with Gasteiger partial charge in [-0.25, -0.2) is 9.79 Å². The maximum absolute atomic E-state index is 9.91. The summed E-state index contributed by atoms with van der Waals surface area (Å²) in [6, 6.07) is 8.11. The van der Waals surface area contributed by atoms with Gasteiger partial charge in [-0.1, -0.05) is 38.1 Å². The Hall–Kier alpha value is -1.40. The van der Waals surface area contributed by atoms with Crippen molar-refractivity contribution in [2.24, 2.45) is 4.99 Å². The molecule has 0 atom stereocenters. The molecule has 1 rings (SSSR count).